The molecule has 0 atom stereocenters. The van der Waals surface area contributed by atoms with Crippen LogP contribution in [0.5, 0.6) is 5.88 Å². The Bertz CT molecular complexity index is 868. The van der Waals surface area contributed by atoms with Crippen LogP contribution >= 0.6 is 11.3 Å². The van der Waals surface area contributed by atoms with E-state index in [9.17, 15) is 4.39 Å². The van der Waals surface area contributed by atoms with Gasteiger partial charge < -0.3 is 14.4 Å². The van der Waals surface area contributed by atoms with E-state index in [0.717, 1.165) is 23.8 Å². The van der Waals surface area contributed by atoms with Crippen LogP contribution in [0.3, 0.4) is 0 Å². The van der Waals surface area contributed by atoms with Crippen LogP contribution < -0.4 is 9.64 Å². The number of morpholine rings is 1. The van der Waals surface area contributed by atoms with Crippen LogP contribution in [0, 0.1) is 5.82 Å². The molecule has 26 heavy (non-hydrogen) atoms. The summed E-state index contributed by atoms with van der Waals surface area (Å²) in [6.45, 7) is 3.29. The Morgan fingerprint density at radius 3 is 2.73 bits per heavy atom. The molecule has 3 heterocycles. The van der Waals surface area contributed by atoms with Crippen molar-refractivity contribution in [3.63, 3.8) is 0 Å². The SMILES string of the molecule is Fc1ccc(COc2cncc(-c3nnc(N4CCOCC4)s3)n2)cc1. The first kappa shape index (κ1) is 16.8. The predicted molar refractivity (Wildman–Crippen MR) is 94.7 cm³/mol. The third kappa shape index (κ3) is 3.94. The van der Waals surface area contributed by atoms with Gasteiger partial charge >= 0.3 is 0 Å². The summed E-state index contributed by atoms with van der Waals surface area (Å²) in [5.74, 6) is 0.109. The van der Waals surface area contributed by atoms with Gasteiger partial charge in [0, 0.05) is 13.1 Å². The van der Waals surface area contributed by atoms with Crippen LogP contribution in [-0.4, -0.2) is 46.5 Å². The standard InChI is InChI=1S/C17H16FN5O2S/c18-13-3-1-12(2-4-13)11-25-15-10-19-9-14(20-15)16-21-22-17(26-16)23-5-7-24-8-6-23/h1-4,9-10H,5-8,11H2. The number of anilines is 1. The molecule has 0 unspecified atom stereocenters. The molecule has 0 N–H and O–H groups in total. The van der Waals surface area contributed by atoms with Crippen molar-refractivity contribution in [2.24, 2.45) is 0 Å². The fourth-order valence-electron chi connectivity index (χ4n) is 2.46. The lowest BCUT2D eigenvalue weighted by Gasteiger charge is -2.25. The lowest BCUT2D eigenvalue weighted by molar-refractivity contribution is 0.122. The van der Waals surface area contributed by atoms with Crippen LogP contribution in [0.2, 0.25) is 0 Å². The zero-order valence-corrected chi connectivity index (χ0v) is 14.7. The molecule has 0 aliphatic carbocycles. The topological polar surface area (TPSA) is 73.3 Å². The van der Waals surface area contributed by atoms with Crippen molar-refractivity contribution in [2.45, 2.75) is 6.61 Å². The smallest absolute Gasteiger partial charge is 0.233 e. The quantitative estimate of drug-likeness (QED) is 0.680. The van der Waals surface area contributed by atoms with Gasteiger partial charge in [-0.15, -0.1) is 10.2 Å². The first-order chi connectivity index (χ1) is 12.8. The normalized spacial score (nSPS) is 14.4. The van der Waals surface area contributed by atoms with E-state index in [2.05, 4.69) is 25.1 Å². The number of halogens is 1. The van der Waals surface area contributed by atoms with E-state index in [1.165, 1.54) is 29.7 Å². The molecule has 4 rings (SSSR count). The van der Waals surface area contributed by atoms with Crippen molar-refractivity contribution in [3.05, 3.63) is 48.0 Å². The number of benzene rings is 1. The van der Waals surface area contributed by atoms with Crippen LogP contribution in [0.4, 0.5) is 9.52 Å². The van der Waals surface area contributed by atoms with Crippen LogP contribution in [0.1, 0.15) is 5.56 Å². The number of hydrogen-bond acceptors (Lipinski definition) is 8. The third-order valence-corrected chi connectivity index (χ3v) is 4.83. The van der Waals surface area contributed by atoms with Gasteiger partial charge in [-0.3, -0.25) is 4.98 Å². The molecule has 134 valence electrons. The molecule has 1 fully saturated rings. The molecule has 1 aromatic carbocycles. The Morgan fingerprint density at radius 1 is 1.12 bits per heavy atom. The van der Waals surface area contributed by atoms with Gasteiger partial charge in [0.05, 0.1) is 25.6 Å². The van der Waals surface area contributed by atoms with E-state index in [4.69, 9.17) is 9.47 Å². The second-order valence-corrected chi connectivity index (χ2v) is 6.60. The van der Waals surface area contributed by atoms with E-state index in [0.29, 0.717) is 29.8 Å². The number of nitrogens with zero attached hydrogens (tertiary/aromatic N) is 5. The molecule has 0 radical (unpaired) electrons. The van der Waals surface area contributed by atoms with Crippen LogP contribution in [0.25, 0.3) is 10.7 Å². The molecule has 0 amide bonds. The van der Waals surface area contributed by atoms with Gasteiger partial charge in [-0.1, -0.05) is 23.5 Å². The van der Waals surface area contributed by atoms with Gasteiger partial charge in [-0.25, -0.2) is 9.37 Å². The van der Waals surface area contributed by atoms with Crippen LogP contribution in [0.15, 0.2) is 36.7 Å². The van der Waals surface area contributed by atoms with Crippen molar-refractivity contribution >= 4 is 16.5 Å². The van der Waals surface area contributed by atoms with E-state index >= 15 is 0 Å². The molecule has 0 spiro atoms. The van der Waals surface area contributed by atoms with Gasteiger partial charge in [0.1, 0.15) is 18.1 Å². The molecule has 3 aromatic rings. The molecule has 1 saturated heterocycles. The lowest BCUT2D eigenvalue weighted by Crippen LogP contribution is -2.36. The summed E-state index contributed by atoms with van der Waals surface area (Å²) >= 11 is 1.47. The summed E-state index contributed by atoms with van der Waals surface area (Å²) in [7, 11) is 0. The fraction of sp³-hybridized carbons (Fsp3) is 0.294. The molecular formula is C17H16FN5O2S. The maximum atomic E-state index is 12.9. The Balaban J connectivity index is 1.45. The average molecular weight is 373 g/mol. The average Bonchev–Trinajstić information content (AvgIpc) is 3.19. The second kappa shape index (κ2) is 7.71. The maximum absolute atomic E-state index is 12.9. The molecule has 9 heteroatoms. The predicted octanol–water partition coefficient (Wildman–Crippen LogP) is 2.55. The van der Waals surface area contributed by atoms with Gasteiger partial charge in [0.15, 0.2) is 5.01 Å². The number of ether oxygens (including phenoxy) is 2. The largest absolute Gasteiger partial charge is 0.472 e. The first-order valence-electron chi connectivity index (χ1n) is 8.14. The summed E-state index contributed by atoms with van der Waals surface area (Å²) in [4.78, 5) is 10.8. The number of rotatable bonds is 5. The number of hydrogen-bond donors (Lipinski definition) is 0. The highest BCUT2D eigenvalue weighted by atomic mass is 32.1. The third-order valence-electron chi connectivity index (χ3n) is 3.83. The monoisotopic (exact) mass is 373 g/mol. The van der Waals surface area contributed by atoms with Gasteiger partial charge in [0.25, 0.3) is 0 Å². The highest BCUT2D eigenvalue weighted by Gasteiger charge is 2.17. The summed E-state index contributed by atoms with van der Waals surface area (Å²) < 4.78 is 23.9. The van der Waals surface area contributed by atoms with Crippen LogP contribution in [-0.2, 0) is 11.3 Å². The zero-order chi connectivity index (χ0) is 17.8. The minimum absolute atomic E-state index is 0.275. The molecule has 1 aliphatic rings. The Labute approximate surface area is 153 Å². The molecule has 2 aromatic heterocycles. The summed E-state index contributed by atoms with van der Waals surface area (Å²) in [5, 5.41) is 10.00. The summed E-state index contributed by atoms with van der Waals surface area (Å²) in [5.41, 5.74) is 1.46. The molecular weight excluding hydrogens is 357 g/mol. The fourth-order valence-corrected chi connectivity index (χ4v) is 3.31. The van der Waals surface area contributed by atoms with Crippen molar-refractivity contribution in [2.75, 3.05) is 31.2 Å². The zero-order valence-electron chi connectivity index (χ0n) is 13.8. The van der Waals surface area contributed by atoms with Crippen molar-refractivity contribution in [1.82, 2.24) is 20.2 Å². The lowest BCUT2D eigenvalue weighted by atomic mass is 10.2. The van der Waals surface area contributed by atoms with Gasteiger partial charge in [-0.05, 0) is 17.7 Å². The Morgan fingerprint density at radius 2 is 1.92 bits per heavy atom. The minimum Gasteiger partial charge on any atom is -0.472 e. The number of aromatic nitrogens is 4. The van der Waals surface area contributed by atoms with Gasteiger partial charge in [-0.2, -0.15) is 0 Å². The Hall–Kier alpha value is -2.65. The Kier molecular flexibility index (Phi) is 4.98. The molecule has 0 bridgehead atoms. The summed E-state index contributed by atoms with van der Waals surface area (Å²) in [6.07, 6.45) is 3.17. The second-order valence-electron chi connectivity index (χ2n) is 5.65. The van der Waals surface area contributed by atoms with E-state index < -0.39 is 0 Å². The molecule has 0 saturated carbocycles. The van der Waals surface area contributed by atoms with E-state index in [-0.39, 0.29) is 12.4 Å². The molecule has 1 aliphatic heterocycles. The van der Waals surface area contributed by atoms with Crippen molar-refractivity contribution < 1.29 is 13.9 Å². The highest BCUT2D eigenvalue weighted by Crippen LogP contribution is 2.28. The van der Waals surface area contributed by atoms with Gasteiger partial charge in [0.2, 0.25) is 11.0 Å². The molecule has 7 nitrogen and oxygen atoms in total. The van der Waals surface area contributed by atoms with Crippen molar-refractivity contribution in [1.29, 1.82) is 0 Å². The summed E-state index contributed by atoms with van der Waals surface area (Å²) in [6, 6.07) is 6.14. The minimum atomic E-state index is -0.275. The first-order valence-corrected chi connectivity index (χ1v) is 8.95. The van der Waals surface area contributed by atoms with E-state index in [1.54, 1.807) is 18.3 Å². The maximum Gasteiger partial charge on any atom is 0.233 e. The van der Waals surface area contributed by atoms with E-state index in [1.807, 2.05) is 0 Å². The van der Waals surface area contributed by atoms with Crippen molar-refractivity contribution in [3.8, 4) is 16.6 Å². The highest BCUT2D eigenvalue weighted by molar-refractivity contribution is 7.18.